The van der Waals surface area contributed by atoms with Crippen LogP contribution in [0.2, 0.25) is 0 Å². The van der Waals surface area contributed by atoms with Crippen molar-refractivity contribution < 1.29 is 14.7 Å². The highest BCUT2D eigenvalue weighted by Gasteiger charge is 2.21. The van der Waals surface area contributed by atoms with Crippen molar-refractivity contribution in [2.24, 2.45) is 0 Å². The second-order valence-corrected chi connectivity index (χ2v) is 3.86. The Morgan fingerprint density at radius 3 is 2.80 bits per heavy atom. The Balaban J connectivity index is 2.30. The van der Waals surface area contributed by atoms with E-state index in [1.165, 1.54) is 0 Å². The minimum atomic E-state index is -0.967. The van der Waals surface area contributed by atoms with Crippen LogP contribution in [0.3, 0.4) is 0 Å². The Hall–Kier alpha value is -1.10. The molecule has 1 fully saturated rings. The highest BCUT2D eigenvalue weighted by molar-refractivity contribution is 5.83. The van der Waals surface area contributed by atoms with E-state index in [0.717, 1.165) is 19.4 Å². The summed E-state index contributed by atoms with van der Waals surface area (Å²) in [5.74, 6) is -1.14. The Bertz CT molecular complexity index is 237. The van der Waals surface area contributed by atoms with Crippen LogP contribution in [0.5, 0.6) is 0 Å². The fourth-order valence-electron chi connectivity index (χ4n) is 1.75. The lowest BCUT2D eigenvalue weighted by molar-refractivity contribution is -0.142. The number of carbonyl (C=O) groups excluding carboxylic acids is 1. The van der Waals surface area contributed by atoms with Crippen LogP contribution in [-0.2, 0) is 9.59 Å². The molecule has 0 saturated carbocycles. The first-order chi connectivity index (χ1) is 7.13. The van der Waals surface area contributed by atoms with Crippen LogP contribution in [0.4, 0.5) is 0 Å². The van der Waals surface area contributed by atoms with Gasteiger partial charge in [-0.25, -0.2) is 4.79 Å². The number of carboxylic acid groups (broad SMARTS) is 1. The van der Waals surface area contributed by atoms with Crippen molar-refractivity contribution in [1.29, 1.82) is 0 Å². The molecule has 1 aliphatic heterocycles. The third-order valence-corrected chi connectivity index (χ3v) is 2.64. The fraction of sp³-hybridized carbons (Fsp3) is 0.800. The van der Waals surface area contributed by atoms with E-state index in [9.17, 15) is 9.59 Å². The van der Waals surface area contributed by atoms with Gasteiger partial charge in [-0.05, 0) is 25.8 Å². The zero-order valence-corrected chi connectivity index (χ0v) is 8.95. The van der Waals surface area contributed by atoms with Gasteiger partial charge in [0.15, 0.2) is 0 Å². The Labute approximate surface area is 89.2 Å². The quantitative estimate of drug-likeness (QED) is 0.607. The number of hydrogen-bond acceptors (Lipinski definition) is 3. The second kappa shape index (κ2) is 5.70. The second-order valence-electron chi connectivity index (χ2n) is 3.86. The number of amides is 1. The SMILES string of the molecule is CC[C@@H](NC(=O)CC1CCCN1)C(=O)O. The summed E-state index contributed by atoms with van der Waals surface area (Å²) in [6.07, 6.45) is 2.88. The van der Waals surface area contributed by atoms with Gasteiger partial charge >= 0.3 is 5.97 Å². The molecule has 1 rings (SSSR count). The minimum Gasteiger partial charge on any atom is -0.480 e. The highest BCUT2D eigenvalue weighted by Crippen LogP contribution is 2.08. The first-order valence-electron chi connectivity index (χ1n) is 5.39. The van der Waals surface area contributed by atoms with Gasteiger partial charge in [-0.15, -0.1) is 0 Å². The average Bonchev–Trinajstić information content (AvgIpc) is 2.66. The van der Waals surface area contributed by atoms with Crippen molar-refractivity contribution in [3.8, 4) is 0 Å². The molecule has 15 heavy (non-hydrogen) atoms. The Morgan fingerprint density at radius 1 is 1.60 bits per heavy atom. The summed E-state index contributed by atoms with van der Waals surface area (Å²) in [6, 6.07) is -0.532. The third kappa shape index (κ3) is 3.87. The molecule has 0 aliphatic carbocycles. The minimum absolute atomic E-state index is 0.177. The summed E-state index contributed by atoms with van der Waals surface area (Å²) in [5, 5.41) is 14.5. The maximum absolute atomic E-state index is 11.5. The zero-order chi connectivity index (χ0) is 11.3. The van der Waals surface area contributed by atoms with Gasteiger partial charge in [0, 0.05) is 12.5 Å². The maximum Gasteiger partial charge on any atom is 0.326 e. The van der Waals surface area contributed by atoms with Gasteiger partial charge in [0.25, 0.3) is 0 Å². The van der Waals surface area contributed by atoms with Gasteiger partial charge in [-0.2, -0.15) is 0 Å². The van der Waals surface area contributed by atoms with E-state index in [1.54, 1.807) is 6.92 Å². The van der Waals surface area contributed by atoms with Gasteiger partial charge in [0.1, 0.15) is 6.04 Å². The molecular formula is C10H18N2O3. The third-order valence-electron chi connectivity index (χ3n) is 2.64. The molecule has 5 nitrogen and oxygen atoms in total. The van der Waals surface area contributed by atoms with Crippen LogP contribution in [-0.4, -0.2) is 35.6 Å². The van der Waals surface area contributed by atoms with Crippen LogP contribution in [0.25, 0.3) is 0 Å². The summed E-state index contributed by atoms with van der Waals surface area (Å²) < 4.78 is 0. The van der Waals surface area contributed by atoms with E-state index in [4.69, 9.17) is 5.11 Å². The smallest absolute Gasteiger partial charge is 0.326 e. The number of carbonyl (C=O) groups is 2. The number of aliphatic carboxylic acids is 1. The predicted molar refractivity (Wildman–Crippen MR) is 55.5 cm³/mol. The molecule has 2 atom stereocenters. The molecule has 1 saturated heterocycles. The highest BCUT2D eigenvalue weighted by atomic mass is 16.4. The van der Waals surface area contributed by atoms with E-state index < -0.39 is 12.0 Å². The molecule has 86 valence electrons. The molecule has 1 aliphatic rings. The van der Waals surface area contributed by atoms with Crippen LogP contribution in [0.15, 0.2) is 0 Å². The Kier molecular flexibility index (Phi) is 4.55. The topological polar surface area (TPSA) is 78.4 Å². The van der Waals surface area contributed by atoms with Gasteiger partial charge in [-0.3, -0.25) is 4.79 Å². The first kappa shape index (κ1) is 12.0. The summed E-state index contributed by atoms with van der Waals surface area (Å²) in [5.41, 5.74) is 0. The largest absolute Gasteiger partial charge is 0.480 e. The van der Waals surface area contributed by atoms with Crippen molar-refractivity contribution >= 4 is 11.9 Å². The number of carboxylic acids is 1. The van der Waals surface area contributed by atoms with Crippen molar-refractivity contribution in [2.45, 2.75) is 44.7 Å². The zero-order valence-electron chi connectivity index (χ0n) is 8.95. The predicted octanol–water partition coefficient (Wildman–Crippen LogP) is 0.108. The van der Waals surface area contributed by atoms with Crippen molar-refractivity contribution in [2.75, 3.05) is 6.54 Å². The van der Waals surface area contributed by atoms with Crippen molar-refractivity contribution in [3.05, 3.63) is 0 Å². The lowest BCUT2D eigenvalue weighted by Gasteiger charge is -2.14. The number of hydrogen-bond donors (Lipinski definition) is 3. The Morgan fingerprint density at radius 2 is 2.33 bits per heavy atom. The van der Waals surface area contributed by atoms with Gasteiger partial charge in [-0.1, -0.05) is 6.92 Å². The lowest BCUT2D eigenvalue weighted by atomic mass is 10.1. The summed E-state index contributed by atoms with van der Waals surface area (Å²) >= 11 is 0. The van der Waals surface area contributed by atoms with E-state index in [-0.39, 0.29) is 11.9 Å². The molecule has 0 radical (unpaired) electrons. The molecule has 1 heterocycles. The number of nitrogens with one attached hydrogen (secondary N) is 2. The molecule has 0 aromatic heterocycles. The van der Waals surface area contributed by atoms with Crippen LogP contribution < -0.4 is 10.6 Å². The van der Waals surface area contributed by atoms with E-state index in [1.807, 2.05) is 0 Å². The van der Waals surface area contributed by atoms with Crippen molar-refractivity contribution in [3.63, 3.8) is 0 Å². The van der Waals surface area contributed by atoms with E-state index in [2.05, 4.69) is 10.6 Å². The summed E-state index contributed by atoms with van der Waals surface area (Å²) in [7, 11) is 0. The van der Waals surface area contributed by atoms with Gasteiger partial charge in [0.2, 0.25) is 5.91 Å². The first-order valence-corrected chi connectivity index (χ1v) is 5.39. The molecular weight excluding hydrogens is 196 g/mol. The van der Waals surface area contributed by atoms with Crippen LogP contribution in [0.1, 0.15) is 32.6 Å². The molecule has 3 N–H and O–H groups in total. The van der Waals surface area contributed by atoms with E-state index >= 15 is 0 Å². The fourth-order valence-corrected chi connectivity index (χ4v) is 1.75. The normalized spacial score (nSPS) is 22.3. The maximum atomic E-state index is 11.5. The standard InChI is InChI=1S/C10H18N2O3/c1-2-8(10(14)15)12-9(13)6-7-4-3-5-11-7/h7-8,11H,2-6H2,1H3,(H,12,13)(H,14,15)/t7?,8-/m1/s1. The van der Waals surface area contributed by atoms with Gasteiger partial charge < -0.3 is 15.7 Å². The average molecular weight is 214 g/mol. The van der Waals surface area contributed by atoms with Crippen LogP contribution in [0, 0.1) is 0 Å². The molecule has 1 unspecified atom stereocenters. The summed E-state index contributed by atoms with van der Waals surface area (Å²) in [6.45, 7) is 2.70. The molecule has 0 spiro atoms. The number of rotatable bonds is 5. The monoisotopic (exact) mass is 214 g/mol. The van der Waals surface area contributed by atoms with Gasteiger partial charge in [0.05, 0.1) is 0 Å². The molecule has 1 amide bonds. The molecule has 5 heteroatoms. The molecule has 0 aromatic rings. The summed E-state index contributed by atoms with van der Waals surface area (Å²) in [4.78, 5) is 22.1. The molecule has 0 bridgehead atoms. The van der Waals surface area contributed by atoms with Crippen LogP contribution >= 0.6 is 0 Å². The van der Waals surface area contributed by atoms with E-state index in [0.29, 0.717) is 12.8 Å². The molecule has 0 aromatic carbocycles. The lowest BCUT2D eigenvalue weighted by Crippen LogP contribution is -2.42. The van der Waals surface area contributed by atoms with Crippen molar-refractivity contribution in [1.82, 2.24) is 10.6 Å².